The molecule has 2 aliphatic heterocycles. The molecule has 3 rings (SSSR count). The van der Waals surface area contributed by atoms with Crippen molar-refractivity contribution >= 4 is 17.7 Å². The number of hydrogen-bond donors (Lipinski definition) is 2. The van der Waals surface area contributed by atoms with Gasteiger partial charge in [-0.05, 0) is 18.6 Å². The highest BCUT2D eigenvalue weighted by Crippen LogP contribution is 2.38. The molecule has 2 aliphatic rings. The fourth-order valence-electron chi connectivity index (χ4n) is 2.83. The number of aromatic hydroxyl groups is 1. The molecule has 110 valence electrons. The minimum absolute atomic E-state index is 0.0471. The number of hydrogen-bond acceptors (Lipinski definition) is 5. The van der Waals surface area contributed by atoms with Gasteiger partial charge in [0.1, 0.15) is 6.04 Å². The number of phenols is 1. The van der Waals surface area contributed by atoms with E-state index in [4.69, 9.17) is 4.74 Å². The fourth-order valence-corrected chi connectivity index (χ4v) is 2.83. The van der Waals surface area contributed by atoms with Crippen LogP contribution in [0.15, 0.2) is 12.1 Å². The molecule has 7 nitrogen and oxygen atoms in total. The van der Waals surface area contributed by atoms with E-state index >= 15 is 0 Å². The van der Waals surface area contributed by atoms with Gasteiger partial charge in [-0.2, -0.15) is 0 Å². The Morgan fingerprint density at radius 3 is 2.76 bits per heavy atom. The quantitative estimate of drug-likeness (QED) is 0.756. The number of carbonyl (C=O) groups excluding carboxylic acids is 3. The molecule has 7 heteroatoms. The number of carbonyl (C=O) groups is 3. The normalized spacial score (nSPS) is 21.3. The second-order valence-corrected chi connectivity index (χ2v) is 5.04. The van der Waals surface area contributed by atoms with Gasteiger partial charge in [0.15, 0.2) is 11.5 Å². The van der Waals surface area contributed by atoms with Crippen molar-refractivity contribution in [2.45, 2.75) is 25.4 Å². The van der Waals surface area contributed by atoms with Crippen molar-refractivity contribution in [1.82, 2.24) is 10.2 Å². The second-order valence-electron chi connectivity index (χ2n) is 5.04. The van der Waals surface area contributed by atoms with Crippen molar-refractivity contribution in [3.63, 3.8) is 0 Å². The van der Waals surface area contributed by atoms with E-state index in [-0.39, 0.29) is 36.3 Å². The van der Waals surface area contributed by atoms with Crippen LogP contribution in [-0.4, -0.2) is 40.9 Å². The zero-order chi connectivity index (χ0) is 15.1. The summed E-state index contributed by atoms with van der Waals surface area (Å²) in [5, 5.41) is 12.0. The maximum atomic E-state index is 12.4. The Kier molecular flexibility index (Phi) is 3.04. The zero-order valence-corrected chi connectivity index (χ0v) is 11.4. The van der Waals surface area contributed by atoms with Crippen molar-refractivity contribution in [2.24, 2.45) is 0 Å². The van der Waals surface area contributed by atoms with E-state index < -0.39 is 11.9 Å². The lowest BCUT2D eigenvalue weighted by Gasteiger charge is -2.29. The van der Waals surface area contributed by atoms with E-state index in [2.05, 4.69) is 5.32 Å². The highest BCUT2D eigenvalue weighted by atomic mass is 16.5. The predicted molar refractivity (Wildman–Crippen MR) is 70.7 cm³/mol. The highest BCUT2D eigenvalue weighted by molar-refractivity contribution is 6.05. The summed E-state index contributed by atoms with van der Waals surface area (Å²) < 4.78 is 5.13. The lowest BCUT2D eigenvalue weighted by molar-refractivity contribution is -0.136. The van der Waals surface area contributed by atoms with Gasteiger partial charge in [0.05, 0.1) is 13.7 Å². The summed E-state index contributed by atoms with van der Waals surface area (Å²) in [7, 11) is 1.41. The van der Waals surface area contributed by atoms with Gasteiger partial charge in [0.25, 0.3) is 5.91 Å². The summed E-state index contributed by atoms with van der Waals surface area (Å²) >= 11 is 0. The van der Waals surface area contributed by atoms with E-state index in [1.165, 1.54) is 24.1 Å². The summed E-state index contributed by atoms with van der Waals surface area (Å²) in [6, 6.07) is 2.24. The lowest BCUT2D eigenvalue weighted by atomic mass is 10.0. The number of fused-ring (bicyclic) bond motifs is 1. The van der Waals surface area contributed by atoms with E-state index in [9.17, 15) is 19.5 Å². The Balaban J connectivity index is 1.93. The molecule has 0 radical (unpaired) electrons. The molecule has 0 aliphatic carbocycles. The summed E-state index contributed by atoms with van der Waals surface area (Å²) in [5.41, 5.74) is 0.974. The largest absolute Gasteiger partial charge is 0.504 e. The van der Waals surface area contributed by atoms with Gasteiger partial charge in [-0.1, -0.05) is 0 Å². The number of rotatable bonds is 2. The molecule has 2 heterocycles. The average Bonchev–Trinajstić information content (AvgIpc) is 2.76. The minimum atomic E-state index is -0.672. The molecule has 1 atom stereocenters. The number of methoxy groups -OCH3 is 1. The van der Waals surface area contributed by atoms with E-state index in [1.54, 1.807) is 0 Å². The molecule has 0 bridgehead atoms. The molecule has 1 unspecified atom stereocenters. The maximum Gasteiger partial charge on any atom is 0.255 e. The molecule has 1 aromatic rings. The van der Waals surface area contributed by atoms with E-state index in [0.29, 0.717) is 17.5 Å². The molecule has 1 aromatic carbocycles. The third kappa shape index (κ3) is 2.01. The number of amides is 3. The van der Waals surface area contributed by atoms with Gasteiger partial charge < -0.3 is 14.7 Å². The van der Waals surface area contributed by atoms with Crippen molar-refractivity contribution in [2.75, 3.05) is 7.11 Å². The van der Waals surface area contributed by atoms with E-state index in [1.807, 2.05) is 0 Å². The predicted octanol–water partition coefficient (Wildman–Crippen LogP) is 0.162. The monoisotopic (exact) mass is 290 g/mol. The fraction of sp³-hybridized carbons (Fsp3) is 0.357. The van der Waals surface area contributed by atoms with E-state index in [0.717, 1.165) is 0 Å². The summed E-state index contributed by atoms with van der Waals surface area (Å²) in [4.78, 5) is 36.9. The number of piperidine rings is 1. The zero-order valence-electron chi connectivity index (χ0n) is 11.4. The van der Waals surface area contributed by atoms with Gasteiger partial charge in [-0.3, -0.25) is 19.7 Å². The van der Waals surface area contributed by atoms with Crippen molar-refractivity contribution in [1.29, 1.82) is 0 Å². The van der Waals surface area contributed by atoms with Crippen LogP contribution >= 0.6 is 0 Å². The number of imide groups is 1. The lowest BCUT2D eigenvalue weighted by Crippen LogP contribution is -2.52. The standard InChI is InChI=1S/C14H14N2O5/c1-21-12-8-6-16(9-3-5-11(18)15-13(9)19)14(20)7(8)2-4-10(12)17/h2,4,9,17H,3,5-6H2,1H3,(H,15,18,19). The Hall–Kier alpha value is -2.57. The van der Waals surface area contributed by atoms with Crippen LogP contribution in [0.25, 0.3) is 0 Å². The Morgan fingerprint density at radius 2 is 2.10 bits per heavy atom. The first-order valence-electron chi connectivity index (χ1n) is 6.56. The average molecular weight is 290 g/mol. The molecule has 0 spiro atoms. The van der Waals surface area contributed by atoms with Gasteiger partial charge in [0, 0.05) is 17.5 Å². The molecule has 0 aromatic heterocycles. The molecule has 21 heavy (non-hydrogen) atoms. The maximum absolute atomic E-state index is 12.4. The molecule has 1 fully saturated rings. The van der Waals surface area contributed by atoms with Crippen LogP contribution in [0.4, 0.5) is 0 Å². The molecule has 1 saturated heterocycles. The molecule has 2 N–H and O–H groups in total. The topological polar surface area (TPSA) is 95.9 Å². The number of benzene rings is 1. The van der Waals surface area contributed by atoms with Crippen LogP contribution in [0.1, 0.15) is 28.8 Å². The Labute approximate surface area is 120 Å². The van der Waals surface area contributed by atoms with Crippen LogP contribution in [0.3, 0.4) is 0 Å². The van der Waals surface area contributed by atoms with Crippen LogP contribution in [0.2, 0.25) is 0 Å². The van der Waals surface area contributed by atoms with Crippen molar-refractivity contribution < 1.29 is 24.2 Å². The van der Waals surface area contributed by atoms with Gasteiger partial charge in [0.2, 0.25) is 11.8 Å². The second kappa shape index (κ2) is 4.76. The van der Waals surface area contributed by atoms with Crippen LogP contribution in [0, 0.1) is 0 Å². The smallest absolute Gasteiger partial charge is 0.255 e. The van der Waals surface area contributed by atoms with Crippen LogP contribution in [-0.2, 0) is 16.1 Å². The van der Waals surface area contributed by atoms with Crippen LogP contribution in [0.5, 0.6) is 11.5 Å². The molecular weight excluding hydrogens is 276 g/mol. The third-order valence-corrected chi connectivity index (χ3v) is 3.85. The third-order valence-electron chi connectivity index (χ3n) is 3.85. The number of nitrogens with zero attached hydrogens (tertiary/aromatic N) is 1. The molecule has 0 saturated carbocycles. The van der Waals surface area contributed by atoms with Crippen molar-refractivity contribution in [3.05, 3.63) is 23.3 Å². The number of phenolic OH excluding ortho intramolecular Hbond substituents is 1. The van der Waals surface area contributed by atoms with Gasteiger partial charge >= 0.3 is 0 Å². The summed E-state index contributed by atoms with van der Waals surface area (Å²) in [5.74, 6) is -0.881. The Bertz CT molecular complexity index is 655. The number of ether oxygens (including phenoxy) is 1. The molecular formula is C14H14N2O5. The Morgan fingerprint density at radius 1 is 1.33 bits per heavy atom. The first kappa shape index (κ1) is 13.4. The minimum Gasteiger partial charge on any atom is -0.504 e. The first-order chi connectivity index (χ1) is 10.0. The highest BCUT2D eigenvalue weighted by Gasteiger charge is 2.40. The van der Waals surface area contributed by atoms with Gasteiger partial charge in [-0.15, -0.1) is 0 Å². The first-order valence-corrected chi connectivity index (χ1v) is 6.56. The van der Waals surface area contributed by atoms with Gasteiger partial charge in [-0.25, -0.2) is 0 Å². The SMILES string of the molecule is COc1c(O)ccc2c1CN(C1CCC(=O)NC1=O)C2=O. The van der Waals surface area contributed by atoms with Crippen LogP contribution < -0.4 is 10.1 Å². The van der Waals surface area contributed by atoms with Crippen molar-refractivity contribution in [3.8, 4) is 11.5 Å². The molecule has 3 amide bonds. The summed E-state index contributed by atoms with van der Waals surface area (Å²) in [6.45, 7) is 0.179. The number of nitrogens with one attached hydrogen (secondary N) is 1. The summed E-state index contributed by atoms with van der Waals surface area (Å²) in [6.07, 6.45) is 0.512.